The van der Waals surface area contributed by atoms with Crippen molar-refractivity contribution in [2.45, 2.75) is 13.0 Å². The molecule has 0 saturated heterocycles. The molecular weight excluding hydrogens is 252 g/mol. The van der Waals surface area contributed by atoms with Crippen molar-refractivity contribution in [1.29, 1.82) is 0 Å². The number of hydrogen-bond donors (Lipinski definition) is 0. The van der Waals surface area contributed by atoms with E-state index in [9.17, 15) is 0 Å². The first-order valence-corrected chi connectivity index (χ1v) is 6.17. The number of pyridine rings is 1. The Hall–Kier alpha value is -1.88. The number of fused-ring (bicyclic) bond motifs is 1. The molecule has 0 unspecified atom stereocenters. The fourth-order valence-electron chi connectivity index (χ4n) is 1.93. The molecule has 3 rings (SSSR count). The lowest BCUT2D eigenvalue weighted by Crippen LogP contribution is -2.06. The summed E-state index contributed by atoms with van der Waals surface area (Å²) in [5.41, 5.74) is 2.57. The first-order valence-electron chi connectivity index (χ1n) is 5.64. The van der Waals surface area contributed by atoms with Crippen molar-refractivity contribution in [3.8, 4) is 0 Å². The average molecular weight is 263 g/mol. The Morgan fingerprint density at radius 1 is 1.33 bits per heavy atom. The predicted molar refractivity (Wildman–Crippen MR) is 67.6 cm³/mol. The molecule has 0 aliphatic rings. The number of halogens is 1. The van der Waals surface area contributed by atoms with Crippen LogP contribution in [0.5, 0.6) is 0 Å². The lowest BCUT2D eigenvalue weighted by molar-refractivity contribution is 0.409. The van der Waals surface area contributed by atoms with Gasteiger partial charge in [-0.3, -0.25) is 0 Å². The number of rotatable bonds is 4. The Morgan fingerprint density at radius 3 is 3.06 bits per heavy atom. The summed E-state index contributed by atoms with van der Waals surface area (Å²) in [6.45, 7) is 0.593. The first-order chi connectivity index (χ1) is 8.88. The number of aryl methyl sites for hydroxylation is 1. The minimum Gasteiger partial charge on any atom is -0.364 e. The van der Waals surface area contributed by atoms with Crippen LogP contribution in [-0.4, -0.2) is 25.6 Å². The molecule has 6 heteroatoms. The molecular formula is C12H11ClN4O. The zero-order valence-electron chi connectivity index (χ0n) is 9.58. The molecule has 0 aliphatic carbocycles. The highest BCUT2D eigenvalue weighted by molar-refractivity contribution is 6.17. The Morgan fingerprint density at radius 2 is 2.28 bits per heavy atom. The van der Waals surface area contributed by atoms with Crippen molar-refractivity contribution in [2.24, 2.45) is 0 Å². The summed E-state index contributed by atoms with van der Waals surface area (Å²) < 4.78 is 6.87. The topological polar surface area (TPSA) is 56.7 Å². The van der Waals surface area contributed by atoms with Crippen LogP contribution in [-0.2, 0) is 13.0 Å². The van der Waals surface area contributed by atoms with Gasteiger partial charge in [0.2, 0.25) is 0 Å². The molecule has 0 spiro atoms. The van der Waals surface area contributed by atoms with Gasteiger partial charge in [0.15, 0.2) is 5.65 Å². The zero-order valence-corrected chi connectivity index (χ0v) is 10.3. The quantitative estimate of drug-likeness (QED) is 0.677. The largest absolute Gasteiger partial charge is 0.364 e. The van der Waals surface area contributed by atoms with Gasteiger partial charge < -0.3 is 9.09 Å². The van der Waals surface area contributed by atoms with Crippen LogP contribution in [0, 0.1) is 0 Å². The van der Waals surface area contributed by atoms with E-state index in [2.05, 4.69) is 15.1 Å². The molecule has 0 aliphatic heterocycles. The molecule has 0 fully saturated rings. The molecule has 0 saturated carbocycles. The fourth-order valence-corrected chi connectivity index (χ4v) is 2.10. The van der Waals surface area contributed by atoms with Gasteiger partial charge in [-0.15, -0.1) is 11.6 Å². The zero-order chi connectivity index (χ0) is 12.4. The molecule has 0 N–H and O–H groups in total. The summed E-state index contributed by atoms with van der Waals surface area (Å²) in [6.07, 6.45) is 4.02. The van der Waals surface area contributed by atoms with Crippen LogP contribution in [0.3, 0.4) is 0 Å². The van der Waals surface area contributed by atoms with Gasteiger partial charge in [-0.25, -0.2) is 9.97 Å². The third kappa shape index (κ3) is 1.97. The Balaban J connectivity index is 2.09. The fraction of sp³-hybridized carbons (Fsp3) is 0.250. The van der Waals surface area contributed by atoms with Gasteiger partial charge in [-0.05, 0) is 12.1 Å². The van der Waals surface area contributed by atoms with Crippen LogP contribution >= 0.6 is 11.6 Å². The third-order valence-electron chi connectivity index (χ3n) is 2.71. The number of hydrogen-bond acceptors (Lipinski definition) is 4. The van der Waals surface area contributed by atoms with E-state index in [4.69, 9.17) is 16.1 Å². The van der Waals surface area contributed by atoms with Gasteiger partial charge in [-0.1, -0.05) is 5.16 Å². The van der Waals surface area contributed by atoms with Crippen LogP contribution in [0.25, 0.3) is 11.2 Å². The Labute approximate surface area is 108 Å². The lowest BCUT2D eigenvalue weighted by Gasteiger charge is -2.04. The summed E-state index contributed by atoms with van der Waals surface area (Å²) in [4.78, 5) is 8.90. The Kier molecular flexibility index (Phi) is 2.98. The summed E-state index contributed by atoms with van der Waals surface area (Å²) in [5, 5.41) is 3.91. The molecule has 3 heterocycles. The lowest BCUT2D eigenvalue weighted by atomic mass is 10.4. The standard InChI is InChI=1S/C12H11ClN4O/c13-5-3-11-15-10-2-1-6-14-12(10)17(11)8-9-4-7-18-16-9/h1-2,4,6-7H,3,5,8H2. The van der Waals surface area contributed by atoms with Crippen LogP contribution in [0.4, 0.5) is 0 Å². The highest BCUT2D eigenvalue weighted by Gasteiger charge is 2.12. The van der Waals surface area contributed by atoms with Crippen molar-refractivity contribution < 1.29 is 4.52 Å². The third-order valence-corrected chi connectivity index (χ3v) is 2.90. The summed E-state index contributed by atoms with van der Waals surface area (Å²) in [6, 6.07) is 5.65. The van der Waals surface area contributed by atoms with Gasteiger partial charge in [0.05, 0.1) is 6.54 Å². The highest BCUT2D eigenvalue weighted by atomic mass is 35.5. The summed E-state index contributed by atoms with van der Waals surface area (Å²) >= 11 is 5.81. The molecule has 0 radical (unpaired) electrons. The van der Waals surface area contributed by atoms with E-state index in [0.717, 1.165) is 22.7 Å². The predicted octanol–water partition coefficient (Wildman–Crippen LogP) is 2.25. The molecule has 3 aromatic heterocycles. The minimum absolute atomic E-state index is 0.530. The van der Waals surface area contributed by atoms with E-state index < -0.39 is 0 Å². The second-order valence-electron chi connectivity index (χ2n) is 3.89. The molecule has 0 atom stereocenters. The van der Waals surface area contributed by atoms with E-state index in [1.807, 2.05) is 22.8 Å². The van der Waals surface area contributed by atoms with Gasteiger partial charge in [0.25, 0.3) is 0 Å². The Bertz CT molecular complexity index is 647. The molecule has 92 valence electrons. The van der Waals surface area contributed by atoms with Gasteiger partial charge in [0.1, 0.15) is 23.3 Å². The SMILES string of the molecule is ClCCc1nc2cccnc2n1Cc1ccon1. The number of alkyl halides is 1. The van der Waals surface area contributed by atoms with Crippen LogP contribution < -0.4 is 0 Å². The van der Waals surface area contributed by atoms with E-state index >= 15 is 0 Å². The van der Waals surface area contributed by atoms with E-state index in [0.29, 0.717) is 18.8 Å². The van der Waals surface area contributed by atoms with Crippen molar-refractivity contribution in [3.05, 3.63) is 42.2 Å². The molecule has 0 aromatic carbocycles. The monoisotopic (exact) mass is 262 g/mol. The van der Waals surface area contributed by atoms with Crippen LogP contribution in [0.15, 0.2) is 35.2 Å². The summed E-state index contributed by atoms with van der Waals surface area (Å²) in [5.74, 6) is 1.45. The highest BCUT2D eigenvalue weighted by Crippen LogP contribution is 2.16. The van der Waals surface area contributed by atoms with Gasteiger partial charge in [0, 0.05) is 24.6 Å². The van der Waals surface area contributed by atoms with E-state index in [-0.39, 0.29) is 0 Å². The maximum Gasteiger partial charge on any atom is 0.160 e. The average Bonchev–Trinajstić information content (AvgIpc) is 3.00. The van der Waals surface area contributed by atoms with Crippen molar-refractivity contribution in [2.75, 3.05) is 5.88 Å². The maximum atomic E-state index is 5.81. The molecule has 18 heavy (non-hydrogen) atoms. The first kappa shape index (κ1) is 11.2. The summed E-state index contributed by atoms with van der Waals surface area (Å²) in [7, 11) is 0. The second-order valence-corrected chi connectivity index (χ2v) is 4.27. The van der Waals surface area contributed by atoms with Gasteiger partial charge in [-0.2, -0.15) is 0 Å². The number of nitrogens with zero attached hydrogens (tertiary/aromatic N) is 4. The van der Waals surface area contributed by atoms with E-state index in [1.54, 1.807) is 12.5 Å². The van der Waals surface area contributed by atoms with Crippen LogP contribution in [0.2, 0.25) is 0 Å². The molecule has 3 aromatic rings. The van der Waals surface area contributed by atoms with Crippen LogP contribution in [0.1, 0.15) is 11.5 Å². The van der Waals surface area contributed by atoms with Crippen molar-refractivity contribution in [3.63, 3.8) is 0 Å². The van der Waals surface area contributed by atoms with Crippen molar-refractivity contribution >= 4 is 22.8 Å². The molecule has 0 amide bonds. The number of aromatic nitrogens is 4. The minimum atomic E-state index is 0.530. The second kappa shape index (κ2) is 4.78. The smallest absolute Gasteiger partial charge is 0.160 e. The van der Waals surface area contributed by atoms with Crippen molar-refractivity contribution in [1.82, 2.24) is 19.7 Å². The van der Waals surface area contributed by atoms with E-state index in [1.165, 1.54) is 0 Å². The number of imidazole rings is 1. The molecule has 0 bridgehead atoms. The van der Waals surface area contributed by atoms with Gasteiger partial charge >= 0.3 is 0 Å². The normalized spacial score (nSPS) is 11.2. The maximum absolute atomic E-state index is 5.81. The molecule has 5 nitrogen and oxygen atoms in total.